The first-order valence-electron chi connectivity index (χ1n) is 10.4. The standard InChI is InChI=1S/C22H25N3O6S/c1-30-20-9-8-18(32(28,29)24-11-13-31-14-12-24)15-19(20)23-22(27)16-4-6-17(7-5-16)25-10-2-3-21(25)26/h4-9,15H,2-3,10-14H2,1H3,(H,23,27). The van der Waals surface area contributed by atoms with Gasteiger partial charge in [-0.05, 0) is 48.9 Å². The molecule has 2 amide bonds. The van der Waals surface area contributed by atoms with Gasteiger partial charge in [0, 0.05) is 37.3 Å². The van der Waals surface area contributed by atoms with Crippen molar-refractivity contribution < 1.29 is 27.5 Å². The number of carbonyl (C=O) groups is 2. The molecular formula is C22H25N3O6S. The van der Waals surface area contributed by atoms with Crippen molar-refractivity contribution in [3.05, 3.63) is 48.0 Å². The van der Waals surface area contributed by atoms with Crippen LogP contribution in [-0.4, -0.2) is 64.5 Å². The zero-order chi connectivity index (χ0) is 22.7. The van der Waals surface area contributed by atoms with Crippen molar-refractivity contribution in [2.45, 2.75) is 17.7 Å². The molecule has 4 rings (SSSR count). The second-order valence-electron chi connectivity index (χ2n) is 7.53. The summed E-state index contributed by atoms with van der Waals surface area (Å²) in [6, 6.07) is 11.1. The van der Waals surface area contributed by atoms with Gasteiger partial charge >= 0.3 is 0 Å². The summed E-state index contributed by atoms with van der Waals surface area (Å²) in [5.41, 5.74) is 1.38. The number of benzene rings is 2. The molecule has 1 N–H and O–H groups in total. The van der Waals surface area contributed by atoms with Gasteiger partial charge in [0.1, 0.15) is 5.75 Å². The zero-order valence-electron chi connectivity index (χ0n) is 17.7. The Balaban J connectivity index is 1.54. The van der Waals surface area contributed by atoms with Crippen LogP contribution in [0.2, 0.25) is 0 Å². The highest BCUT2D eigenvalue weighted by molar-refractivity contribution is 7.89. The van der Waals surface area contributed by atoms with Gasteiger partial charge in [-0.1, -0.05) is 0 Å². The van der Waals surface area contributed by atoms with E-state index in [1.165, 1.54) is 29.6 Å². The van der Waals surface area contributed by atoms with E-state index in [4.69, 9.17) is 9.47 Å². The van der Waals surface area contributed by atoms with Crippen molar-refractivity contribution in [1.82, 2.24) is 4.31 Å². The molecule has 0 spiro atoms. The number of carbonyl (C=O) groups excluding carboxylic acids is 2. The Kier molecular flexibility index (Phi) is 6.45. The van der Waals surface area contributed by atoms with Crippen molar-refractivity contribution in [1.29, 1.82) is 0 Å². The third-order valence-electron chi connectivity index (χ3n) is 5.54. The molecule has 2 aromatic carbocycles. The van der Waals surface area contributed by atoms with E-state index in [1.807, 2.05) is 0 Å². The van der Waals surface area contributed by atoms with E-state index in [1.54, 1.807) is 29.2 Å². The molecule has 0 bridgehead atoms. The van der Waals surface area contributed by atoms with Crippen molar-refractivity contribution in [3.63, 3.8) is 0 Å². The number of hydrogen-bond acceptors (Lipinski definition) is 6. The van der Waals surface area contributed by atoms with Crippen LogP contribution in [0.5, 0.6) is 5.75 Å². The Hall–Kier alpha value is -2.95. The molecule has 2 saturated heterocycles. The van der Waals surface area contributed by atoms with Gasteiger partial charge in [-0.3, -0.25) is 9.59 Å². The van der Waals surface area contributed by atoms with Crippen molar-refractivity contribution in [2.24, 2.45) is 0 Å². The zero-order valence-corrected chi connectivity index (χ0v) is 18.6. The molecule has 0 atom stereocenters. The topological polar surface area (TPSA) is 105 Å². The summed E-state index contributed by atoms with van der Waals surface area (Å²) in [6.45, 7) is 1.92. The first-order chi connectivity index (χ1) is 15.4. The first-order valence-corrected chi connectivity index (χ1v) is 11.8. The summed E-state index contributed by atoms with van der Waals surface area (Å²) in [7, 11) is -2.27. The van der Waals surface area contributed by atoms with Gasteiger partial charge in [-0.15, -0.1) is 0 Å². The molecule has 9 nitrogen and oxygen atoms in total. The van der Waals surface area contributed by atoms with E-state index in [-0.39, 0.29) is 29.6 Å². The lowest BCUT2D eigenvalue weighted by Gasteiger charge is -2.26. The number of anilines is 2. The second kappa shape index (κ2) is 9.27. The summed E-state index contributed by atoms with van der Waals surface area (Å²) >= 11 is 0. The predicted octanol–water partition coefficient (Wildman–Crippen LogP) is 2.10. The smallest absolute Gasteiger partial charge is 0.255 e. The molecule has 2 aliphatic heterocycles. The molecule has 32 heavy (non-hydrogen) atoms. The minimum Gasteiger partial charge on any atom is -0.495 e. The number of methoxy groups -OCH3 is 1. The molecule has 2 aromatic rings. The van der Waals surface area contributed by atoms with Crippen LogP contribution in [-0.2, 0) is 19.6 Å². The summed E-state index contributed by atoms with van der Waals surface area (Å²) in [6.07, 6.45) is 1.36. The summed E-state index contributed by atoms with van der Waals surface area (Å²) in [5.74, 6) is 0.00677. The van der Waals surface area contributed by atoms with Crippen LogP contribution in [0.3, 0.4) is 0 Å². The summed E-state index contributed by atoms with van der Waals surface area (Å²) in [5, 5.41) is 2.74. The molecule has 2 aliphatic rings. The maximum absolute atomic E-state index is 13.0. The number of nitrogens with zero attached hydrogens (tertiary/aromatic N) is 2. The van der Waals surface area contributed by atoms with Gasteiger partial charge < -0.3 is 19.7 Å². The average molecular weight is 460 g/mol. The number of rotatable bonds is 6. The Labute approximate surface area is 187 Å². The molecule has 2 heterocycles. The van der Waals surface area contributed by atoms with Crippen LogP contribution in [0.25, 0.3) is 0 Å². The molecule has 0 radical (unpaired) electrons. The van der Waals surface area contributed by atoms with Gasteiger partial charge in [0.15, 0.2) is 0 Å². The molecule has 0 unspecified atom stereocenters. The van der Waals surface area contributed by atoms with E-state index >= 15 is 0 Å². The largest absolute Gasteiger partial charge is 0.495 e. The van der Waals surface area contributed by atoms with Crippen LogP contribution < -0.4 is 15.0 Å². The number of amides is 2. The van der Waals surface area contributed by atoms with Gasteiger partial charge in [0.05, 0.1) is 30.9 Å². The number of morpholine rings is 1. The molecular weight excluding hydrogens is 434 g/mol. The SMILES string of the molecule is COc1ccc(S(=O)(=O)N2CCOCC2)cc1NC(=O)c1ccc(N2CCCC2=O)cc1. The maximum atomic E-state index is 13.0. The lowest BCUT2D eigenvalue weighted by molar-refractivity contribution is -0.117. The van der Waals surface area contributed by atoms with Gasteiger partial charge in [0.25, 0.3) is 5.91 Å². The van der Waals surface area contributed by atoms with Gasteiger partial charge in [-0.25, -0.2) is 8.42 Å². The normalized spacial score (nSPS) is 17.4. The van der Waals surface area contributed by atoms with E-state index in [9.17, 15) is 18.0 Å². The Morgan fingerprint density at radius 2 is 1.78 bits per heavy atom. The lowest BCUT2D eigenvalue weighted by atomic mass is 10.1. The third kappa shape index (κ3) is 4.47. The fourth-order valence-electron chi connectivity index (χ4n) is 3.79. The van der Waals surface area contributed by atoms with Crippen LogP contribution >= 0.6 is 0 Å². The maximum Gasteiger partial charge on any atom is 0.255 e. The highest BCUT2D eigenvalue weighted by Gasteiger charge is 2.27. The molecule has 2 fully saturated rings. The van der Waals surface area contributed by atoms with E-state index in [0.29, 0.717) is 37.5 Å². The summed E-state index contributed by atoms with van der Waals surface area (Å²) < 4.78 is 37.8. The van der Waals surface area contributed by atoms with Crippen molar-refractivity contribution in [3.8, 4) is 5.75 Å². The van der Waals surface area contributed by atoms with E-state index < -0.39 is 15.9 Å². The Morgan fingerprint density at radius 1 is 1.06 bits per heavy atom. The van der Waals surface area contributed by atoms with E-state index in [2.05, 4.69) is 5.32 Å². The number of nitrogens with one attached hydrogen (secondary N) is 1. The summed E-state index contributed by atoms with van der Waals surface area (Å²) in [4.78, 5) is 26.5. The minimum atomic E-state index is -3.72. The quantitative estimate of drug-likeness (QED) is 0.709. The molecule has 10 heteroatoms. The van der Waals surface area contributed by atoms with Crippen molar-refractivity contribution in [2.75, 3.05) is 50.2 Å². The van der Waals surface area contributed by atoms with Gasteiger partial charge in [-0.2, -0.15) is 4.31 Å². The molecule has 0 saturated carbocycles. The highest BCUT2D eigenvalue weighted by atomic mass is 32.2. The van der Waals surface area contributed by atoms with Crippen LogP contribution in [0.15, 0.2) is 47.4 Å². The fraction of sp³-hybridized carbons (Fsp3) is 0.364. The Morgan fingerprint density at radius 3 is 2.41 bits per heavy atom. The van der Waals surface area contributed by atoms with Crippen LogP contribution in [0.4, 0.5) is 11.4 Å². The van der Waals surface area contributed by atoms with Crippen LogP contribution in [0.1, 0.15) is 23.2 Å². The lowest BCUT2D eigenvalue weighted by Crippen LogP contribution is -2.40. The fourth-order valence-corrected chi connectivity index (χ4v) is 5.22. The number of ether oxygens (including phenoxy) is 2. The monoisotopic (exact) mass is 459 g/mol. The molecule has 170 valence electrons. The van der Waals surface area contributed by atoms with Crippen molar-refractivity contribution >= 4 is 33.2 Å². The second-order valence-corrected chi connectivity index (χ2v) is 9.47. The molecule has 0 aliphatic carbocycles. The minimum absolute atomic E-state index is 0.0680. The highest BCUT2D eigenvalue weighted by Crippen LogP contribution is 2.30. The Bertz CT molecular complexity index is 1110. The average Bonchev–Trinajstić information content (AvgIpc) is 3.25. The molecule has 0 aromatic heterocycles. The first kappa shape index (κ1) is 22.3. The number of hydrogen-bond donors (Lipinski definition) is 1. The van der Waals surface area contributed by atoms with Gasteiger partial charge in [0.2, 0.25) is 15.9 Å². The third-order valence-corrected chi connectivity index (χ3v) is 7.44. The number of sulfonamides is 1. The predicted molar refractivity (Wildman–Crippen MR) is 119 cm³/mol. The van der Waals surface area contributed by atoms with E-state index in [0.717, 1.165) is 12.1 Å². The van der Waals surface area contributed by atoms with Crippen LogP contribution in [0, 0.1) is 0 Å².